The first-order valence-electron chi connectivity index (χ1n) is 7.81. The third-order valence-corrected chi connectivity index (χ3v) is 4.83. The largest absolute Gasteiger partial charge is 0.454 e. The highest BCUT2D eigenvalue weighted by atomic mass is 32.2. The molecule has 1 atom stereocenters. The highest BCUT2D eigenvalue weighted by molar-refractivity contribution is 8.13. The van der Waals surface area contributed by atoms with Gasteiger partial charge in [-0.25, -0.2) is 0 Å². The lowest BCUT2D eigenvalue weighted by Crippen LogP contribution is -2.02. The van der Waals surface area contributed by atoms with Gasteiger partial charge in [-0.05, 0) is 35.6 Å². The van der Waals surface area contributed by atoms with Crippen molar-refractivity contribution in [2.45, 2.75) is 25.7 Å². The fraction of sp³-hybridized carbons (Fsp3) is 0.316. The van der Waals surface area contributed by atoms with Crippen molar-refractivity contribution in [2.75, 3.05) is 12.5 Å². The van der Waals surface area contributed by atoms with Crippen LogP contribution in [0.25, 0.3) is 0 Å². The normalized spacial score (nSPS) is 13.8. The highest BCUT2D eigenvalue weighted by Crippen LogP contribution is 2.35. The molecule has 0 N–H and O–H groups in total. The Morgan fingerprint density at radius 3 is 2.74 bits per heavy atom. The molecular weight excluding hydrogens is 308 g/mol. The quantitative estimate of drug-likeness (QED) is 0.787. The van der Waals surface area contributed by atoms with Crippen molar-refractivity contribution in [2.24, 2.45) is 0 Å². The van der Waals surface area contributed by atoms with Gasteiger partial charge in [-0.2, -0.15) is 0 Å². The molecule has 0 bridgehead atoms. The number of benzene rings is 2. The summed E-state index contributed by atoms with van der Waals surface area (Å²) in [6.07, 6.45) is 1.47. The molecule has 1 aliphatic rings. The van der Waals surface area contributed by atoms with Crippen LogP contribution in [0, 0.1) is 0 Å². The Kier molecular flexibility index (Phi) is 5.23. The van der Waals surface area contributed by atoms with Gasteiger partial charge in [-0.15, -0.1) is 0 Å². The average molecular weight is 328 g/mol. The van der Waals surface area contributed by atoms with Crippen molar-refractivity contribution in [3.05, 3.63) is 59.7 Å². The van der Waals surface area contributed by atoms with E-state index in [0.717, 1.165) is 29.2 Å². The Hall–Kier alpha value is -1.94. The maximum Gasteiger partial charge on any atom is 0.231 e. The third kappa shape index (κ3) is 4.29. The summed E-state index contributed by atoms with van der Waals surface area (Å²) in [7, 11) is 0. The number of fused-ring (bicyclic) bond motifs is 1. The van der Waals surface area contributed by atoms with Crippen LogP contribution in [0.2, 0.25) is 0 Å². The van der Waals surface area contributed by atoms with Crippen LogP contribution in [0.15, 0.2) is 48.5 Å². The fourth-order valence-electron chi connectivity index (χ4n) is 2.57. The van der Waals surface area contributed by atoms with E-state index in [-0.39, 0.29) is 17.8 Å². The highest BCUT2D eigenvalue weighted by Gasteiger charge is 2.17. The van der Waals surface area contributed by atoms with Gasteiger partial charge in [0.25, 0.3) is 0 Å². The third-order valence-electron chi connectivity index (χ3n) is 3.94. The first kappa shape index (κ1) is 15.9. The van der Waals surface area contributed by atoms with Crippen LogP contribution in [0.1, 0.15) is 30.4 Å². The van der Waals surface area contributed by atoms with Crippen molar-refractivity contribution < 1.29 is 14.3 Å². The summed E-state index contributed by atoms with van der Waals surface area (Å²) in [5.41, 5.74) is 2.39. The Balaban J connectivity index is 1.47. The molecule has 0 spiro atoms. The molecule has 2 aromatic rings. The summed E-state index contributed by atoms with van der Waals surface area (Å²) in [5.74, 6) is 2.57. The second kappa shape index (κ2) is 7.55. The first-order chi connectivity index (χ1) is 11.2. The SMILES string of the molecule is C[C@H](CC(=O)SCCc1ccccc1)c1ccc2c(c1)OCO2. The maximum absolute atomic E-state index is 12.2. The molecule has 0 fully saturated rings. The Morgan fingerprint density at radius 1 is 1.13 bits per heavy atom. The van der Waals surface area contributed by atoms with Gasteiger partial charge in [0.05, 0.1) is 0 Å². The number of hydrogen-bond acceptors (Lipinski definition) is 4. The van der Waals surface area contributed by atoms with E-state index in [1.54, 1.807) is 0 Å². The average Bonchev–Trinajstić information content (AvgIpc) is 3.03. The van der Waals surface area contributed by atoms with Crippen LogP contribution >= 0.6 is 11.8 Å². The zero-order valence-corrected chi connectivity index (χ0v) is 14.0. The second-order valence-electron chi connectivity index (χ2n) is 5.67. The Morgan fingerprint density at radius 2 is 1.91 bits per heavy atom. The number of aryl methyl sites for hydroxylation is 1. The van der Waals surface area contributed by atoms with Gasteiger partial charge in [0.2, 0.25) is 6.79 Å². The molecule has 3 rings (SSSR count). The van der Waals surface area contributed by atoms with Crippen molar-refractivity contribution >= 4 is 16.9 Å². The minimum atomic E-state index is 0.182. The molecule has 23 heavy (non-hydrogen) atoms. The number of carbonyl (C=O) groups excluding carboxylic acids is 1. The molecule has 0 saturated carbocycles. The topological polar surface area (TPSA) is 35.5 Å². The molecule has 0 radical (unpaired) electrons. The summed E-state index contributed by atoms with van der Waals surface area (Å²) < 4.78 is 10.7. The predicted molar refractivity (Wildman–Crippen MR) is 93.2 cm³/mol. The zero-order valence-electron chi connectivity index (χ0n) is 13.2. The van der Waals surface area contributed by atoms with Crippen LogP contribution in [0.4, 0.5) is 0 Å². The standard InChI is InChI=1S/C19H20O3S/c1-14(16-7-8-17-18(12-16)22-13-21-17)11-19(20)23-10-9-15-5-3-2-4-6-15/h2-8,12,14H,9-11,13H2,1H3/t14-/m1/s1. The molecule has 1 heterocycles. The molecule has 0 saturated heterocycles. The number of ether oxygens (including phenoxy) is 2. The van der Waals surface area contributed by atoms with E-state index < -0.39 is 0 Å². The van der Waals surface area contributed by atoms with Crippen LogP contribution in [0.3, 0.4) is 0 Å². The van der Waals surface area contributed by atoms with E-state index >= 15 is 0 Å². The van der Waals surface area contributed by atoms with Gasteiger partial charge in [0.1, 0.15) is 0 Å². The molecular formula is C19H20O3S. The molecule has 1 aliphatic heterocycles. The summed E-state index contributed by atoms with van der Waals surface area (Å²) in [6, 6.07) is 16.2. The molecule has 3 nitrogen and oxygen atoms in total. The summed E-state index contributed by atoms with van der Waals surface area (Å²) in [5, 5.41) is 0.242. The Bertz CT molecular complexity index is 670. The minimum absolute atomic E-state index is 0.182. The molecule has 0 aliphatic carbocycles. The van der Waals surface area contributed by atoms with Gasteiger partial charge < -0.3 is 9.47 Å². The predicted octanol–water partition coefficient (Wildman–Crippen LogP) is 4.41. The summed E-state index contributed by atoms with van der Waals surface area (Å²) >= 11 is 1.42. The number of rotatable bonds is 6. The van der Waals surface area contributed by atoms with Crippen LogP contribution in [0.5, 0.6) is 11.5 Å². The van der Waals surface area contributed by atoms with E-state index in [4.69, 9.17) is 9.47 Å². The van der Waals surface area contributed by atoms with Crippen molar-refractivity contribution in [1.29, 1.82) is 0 Å². The molecule has 0 unspecified atom stereocenters. The molecule has 0 amide bonds. The summed E-state index contributed by atoms with van der Waals surface area (Å²) in [6.45, 7) is 2.36. The monoisotopic (exact) mass is 328 g/mol. The van der Waals surface area contributed by atoms with Crippen molar-refractivity contribution in [1.82, 2.24) is 0 Å². The second-order valence-corrected chi connectivity index (χ2v) is 6.83. The maximum atomic E-state index is 12.2. The van der Waals surface area contributed by atoms with Crippen LogP contribution in [-0.2, 0) is 11.2 Å². The lowest BCUT2D eigenvalue weighted by Gasteiger charge is -2.11. The van der Waals surface area contributed by atoms with Crippen molar-refractivity contribution in [3.8, 4) is 11.5 Å². The minimum Gasteiger partial charge on any atom is -0.454 e. The van der Waals surface area contributed by atoms with Gasteiger partial charge in [-0.1, -0.05) is 55.1 Å². The molecule has 120 valence electrons. The van der Waals surface area contributed by atoms with Crippen molar-refractivity contribution in [3.63, 3.8) is 0 Å². The molecule has 4 heteroatoms. The van der Waals surface area contributed by atoms with Gasteiger partial charge >= 0.3 is 0 Å². The van der Waals surface area contributed by atoms with Gasteiger partial charge in [0.15, 0.2) is 16.6 Å². The molecule has 2 aromatic carbocycles. The number of thioether (sulfide) groups is 1. The Labute approximate surface area is 141 Å². The number of carbonyl (C=O) groups is 1. The van der Waals surface area contributed by atoms with E-state index in [2.05, 4.69) is 19.1 Å². The lowest BCUT2D eigenvalue weighted by atomic mass is 9.98. The number of hydrogen-bond donors (Lipinski definition) is 0. The lowest BCUT2D eigenvalue weighted by molar-refractivity contribution is -0.111. The van der Waals surface area contributed by atoms with Gasteiger partial charge in [0, 0.05) is 12.2 Å². The van der Waals surface area contributed by atoms with E-state index in [0.29, 0.717) is 6.42 Å². The fourth-order valence-corrected chi connectivity index (χ4v) is 3.51. The first-order valence-corrected chi connectivity index (χ1v) is 8.80. The van der Waals surface area contributed by atoms with Crippen LogP contribution in [-0.4, -0.2) is 17.7 Å². The van der Waals surface area contributed by atoms with E-state index in [9.17, 15) is 4.79 Å². The molecule has 0 aromatic heterocycles. The van der Waals surface area contributed by atoms with Gasteiger partial charge in [-0.3, -0.25) is 4.79 Å². The van der Waals surface area contributed by atoms with E-state index in [1.807, 2.05) is 36.4 Å². The van der Waals surface area contributed by atoms with Crippen LogP contribution < -0.4 is 9.47 Å². The summed E-state index contributed by atoms with van der Waals surface area (Å²) in [4.78, 5) is 12.2. The smallest absolute Gasteiger partial charge is 0.231 e. The zero-order chi connectivity index (χ0) is 16.1. The van der Waals surface area contributed by atoms with E-state index in [1.165, 1.54) is 17.3 Å².